The quantitative estimate of drug-likeness (QED) is 0.443. The van der Waals surface area contributed by atoms with Crippen LogP contribution in [0.1, 0.15) is 35.4 Å². The molecule has 0 spiro atoms. The van der Waals surface area contributed by atoms with Gasteiger partial charge in [-0.05, 0) is 48.0 Å². The van der Waals surface area contributed by atoms with Crippen molar-refractivity contribution < 1.29 is 4.74 Å². The van der Waals surface area contributed by atoms with Crippen LogP contribution >= 0.6 is 34.8 Å². The number of hydrogen-bond acceptors (Lipinski definition) is 3. The van der Waals surface area contributed by atoms with E-state index in [9.17, 15) is 0 Å². The molecule has 0 bridgehead atoms. The number of halogens is 3. The number of rotatable bonds is 2. The molecule has 2 heterocycles. The molecule has 5 rings (SSSR count). The van der Waals surface area contributed by atoms with Gasteiger partial charge in [0.2, 0.25) is 6.23 Å². The fourth-order valence-electron chi connectivity index (χ4n) is 3.76. The van der Waals surface area contributed by atoms with Gasteiger partial charge in [0.15, 0.2) is 0 Å². The molecule has 28 heavy (non-hydrogen) atoms. The predicted octanol–water partition coefficient (Wildman–Crippen LogP) is 6.89. The lowest BCUT2D eigenvalue weighted by molar-refractivity contribution is -0.0190. The van der Waals surface area contributed by atoms with Gasteiger partial charge in [0.1, 0.15) is 5.75 Å². The summed E-state index contributed by atoms with van der Waals surface area (Å²) in [5, 5.41) is 8.99. The van der Waals surface area contributed by atoms with E-state index in [1.165, 1.54) is 0 Å². The zero-order valence-electron chi connectivity index (χ0n) is 14.6. The molecule has 2 aliphatic rings. The van der Waals surface area contributed by atoms with Crippen molar-refractivity contribution in [2.45, 2.75) is 18.7 Å². The molecular formula is C22H15Cl3N2O. The van der Waals surface area contributed by atoms with Crippen molar-refractivity contribution in [3.63, 3.8) is 0 Å². The van der Waals surface area contributed by atoms with Crippen molar-refractivity contribution in [3.05, 3.63) is 98.5 Å². The van der Waals surface area contributed by atoms with Crippen molar-refractivity contribution in [1.29, 1.82) is 0 Å². The number of benzene rings is 3. The van der Waals surface area contributed by atoms with Gasteiger partial charge < -0.3 is 4.74 Å². The number of ether oxygens (including phenoxy) is 1. The highest BCUT2D eigenvalue weighted by atomic mass is 35.5. The van der Waals surface area contributed by atoms with E-state index >= 15 is 0 Å². The second-order valence-electron chi connectivity index (χ2n) is 6.86. The molecular weight excluding hydrogens is 415 g/mol. The highest BCUT2D eigenvalue weighted by molar-refractivity contribution is 6.31. The fourth-order valence-corrected chi connectivity index (χ4v) is 4.26. The lowest BCUT2D eigenvalue weighted by atomic mass is 9.96. The van der Waals surface area contributed by atoms with Crippen LogP contribution in [0.3, 0.4) is 0 Å². The van der Waals surface area contributed by atoms with Crippen molar-refractivity contribution >= 4 is 40.5 Å². The Morgan fingerprint density at radius 3 is 2.39 bits per heavy atom. The Hall–Kier alpha value is -2.20. The largest absolute Gasteiger partial charge is 0.464 e. The monoisotopic (exact) mass is 428 g/mol. The summed E-state index contributed by atoms with van der Waals surface area (Å²) < 4.78 is 6.33. The molecule has 0 saturated carbocycles. The van der Waals surface area contributed by atoms with E-state index in [0.29, 0.717) is 15.1 Å². The van der Waals surface area contributed by atoms with E-state index in [-0.39, 0.29) is 12.3 Å². The Morgan fingerprint density at radius 2 is 1.61 bits per heavy atom. The molecule has 3 nitrogen and oxygen atoms in total. The Kier molecular flexibility index (Phi) is 4.47. The zero-order valence-corrected chi connectivity index (χ0v) is 16.9. The molecule has 0 unspecified atom stereocenters. The maximum Gasteiger partial charge on any atom is 0.213 e. The molecule has 0 saturated heterocycles. The minimum atomic E-state index is -0.359. The summed E-state index contributed by atoms with van der Waals surface area (Å²) in [6.45, 7) is 0. The number of nitrogens with zero attached hydrogens (tertiary/aromatic N) is 2. The smallest absolute Gasteiger partial charge is 0.213 e. The molecule has 3 aromatic rings. The lowest BCUT2D eigenvalue weighted by Gasteiger charge is -2.38. The first-order valence-electron chi connectivity index (χ1n) is 8.92. The Bertz CT molecular complexity index is 1080. The van der Waals surface area contributed by atoms with Gasteiger partial charge in [0, 0.05) is 32.6 Å². The van der Waals surface area contributed by atoms with Crippen molar-refractivity contribution in [1.82, 2.24) is 5.01 Å². The minimum Gasteiger partial charge on any atom is -0.464 e. The first kappa shape index (κ1) is 17.9. The first-order chi connectivity index (χ1) is 13.6. The topological polar surface area (TPSA) is 24.8 Å². The molecule has 6 heteroatoms. The maximum absolute atomic E-state index is 6.33. The molecule has 2 aliphatic heterocycles. The predicted molar refractivity (Wildman–Crippen MR) is 113 cm³/mol. The summed E-state index contributed by atoms with van der Waals surface area (Å²) in [6.07, 6.45) is 0.400. The second-order valence-corrected chi connectivity index (χ2v) is 8.17. The molecule has 0 radical (unpaired) electrons. The van der Waals surface area contributed by atoms with Crippen LogP contribution in [-0.2, 0) is 0 Å². The molecule has 0 aliphatic carbocycles. The number of hydrogen-bond donors (Lipinski definition) is 0. The highest BCUT2D eigenvalue weighted by Crippen LogP contribution is 2.48. The van der Waals surface area contributed by atoms with Gasteiger partial charge in [0.05, 0.1) is 11.8 Å². The summed E-state index contributed by atoms with van der Waals surface area (Å²) in [7, 11) is 0. The molecule has 0 N–H and O–H groups in total. The lowest BCUT2D eigenvalue weighted by Crippen LogP contribution is -2.33. The van der Waals surface area contributed by atoms with Gasteiger partial charge in [-0.1, -0.05) is 59.1 Å². The second kappa shape index (κ2) is 7.00. The molecule has 0 aromatic heterocycles. The van der Waals surface area contributed by atoms with Crippen LogP contribution in [0, 0.1) is 0 Å². The highest BCUT2D eigenvalue weighted by Gasteiger charge is 2.41. The Morgan fingerprint density at radius 1 is 0.857 bits per heavy atom. The minimum absolute atomic E-state index is 0.0390. The normalized spacial score (nSPS) is 20.2. The maximum atomic E-state index is 6.33. The molecule has 3 aromatic carbocycles. The van der Waals surface area contributed by atoms with Gasteiger partial charge in [-0.15, -0.1) is 0 Å². The molecule has 0 amide bonds. The van der Waals surface area contributed by atoms with E-state index in [0.717, 1.165) is 34.6 Å². The first-order valence-corrected chi connectivity index (χ1v) is 10.1. The summed E-state index contributed by atoms with van der Waals surface area (Å²) in [4.78, 5) is 0. The SMILES string of the molecule is Clc1ccc(C2=NN3[C@@H](C2)c2cc(Cl)ccc2O[C@H]3c2cccc(Cl)c2)cc1. The van der Waals surface area contributed by atoms with Crippen LogP contribution in [0.15, 0.2) is 71.8 Å². The van der Waals surface area contributed by atoms with E-state index in [2.05, 4.69) is 0 Å². The van der Waals surface area contributed by atoms with Crippen molar-refractivity contribution in [3.8, 4) is 5.75 Å². The number of hydrazone groups is 1. The van der Waals surface area contributed by atoms with Crippen LogP contribution in [0.2, 0.25) is 15.1 Å². The Labute approximate surface area is 178 Å². The summed E-state index contributed by atoms with van der Waals surface area (Å²) in [5.74, 6) is 0.822. The van der Waals surface area contributed by atoms with Crippen LogP contribution in [0.4, 0.5) is 0 Å². The van der Waals surface area contributed by atoms with E-state index in [4.69, 9.17) is 44.6 Å². The van der Waals surface area contributed by atoms with Crippen LogP contribution < -0.4 is 4.74 Å². The summed E-state index contributed by atoms with van der Waals surface area (Å²) in [5.41, 5.74) is 4.04. The van der Waals surface area contributed by atoms with Crippen molar-refractivity contribution in [2.24, 2.45) is 5.10 Å². The van der Waals surface area contributed by atoms with Gasteiger partial charge in [-0.25, -0.2) is 5.01 Å². The third-order valence-corrected chi connectivity index (χ3v) is 5.79. The molecule has 0 fully saturated rings. The Balaban J connectivity index is 1.61. The van der Waals surface area contributed by atoms with Crippen molar-refractivity contribution in [2.75, 3.05) is 0 Å². The van der Waals surface area contributed by atoms with Crippen LogP contribution in [0.5, 0.6) is 5.75 Å². The average Bonchev–Trinajstić information content (AvgIpc) is 3.14. The van der Waals surface area contributed by atoms with E-state index in [1.807, 2.05) is 71.7 Å². The molecule has 2 atom stereocenters. The van der Waals surface area contributed by atoms with E-state index < -0.39 is 0 Å². The summed E-state index contributed by atoms with van der Waals surface area (Å²) >= 11 is 18.5. The fraction of sp³-hybridized carbons (Fsp3) is 0.136. The van der Waals surface area contributed by atoms with Gasteiger partial charge in [-0.2, -0.15) is 5.10 Å². The number of fused-ring (bicyclic) bond motifs is 3. The summed E-state index contributed by atoms with van der Waals surface area (Å²) in [6, 6.07) is 21.2. The van der Waals surface area contributed by atoms with Crippen LogP contribution in [-0.4, -0.2) is 10.7 Å². The average molecular weight is 430 g/mol. The van der Waals surface area contributed by atoms with Gasteiger partial charge in [-0.3, -0.25) is 0 Å². The standard InChI is InChI=1S/C22H15Cl3N2O/c23-15-6-4-13(5-7-15)19-12-20-18-11-17(25)8-9-21(18)28-22(27(20)26-19)14-2-1-3-16(24)10-14/h1-11,20,22H,12H2/t20-,22-/m0/s1. The van der Waals surface area contributed by atoms with Gasteiger partial charge in [0.25, 0.3) is 0 Å². The third-order valence-electron chi connectivity index (χ3n) is 5.06. The zero-order chi connectivity index (χ0) is 19.3. The van der Waals surface area contributed by atoms with Crippen LogP contribution in [0.25, 0.3) is 0 Å². The molecule has 140 valence electrons. The third kappa shape index (κ3) is 3.14. The van der Waals surface area contributed by atoms with Gasteiger partial charge >= 0.3 is 0 Å². The van der Waals surface area contributed by atoms with E-state index in [1.54, 1.807) is 0 Å².